The Balaban J connectivity index is 2.73. The molecular formula is C13H19N3O2. The molecule has 0 aliphatic heterocycles. The number of aryl methyl sites for hydroxylation is 1. The summed E-state index contributed by atoms with van der Waals surface area (Å²) in [7, 11) is 1.70. The second-order valence-corrected chi connectivity index (χ2v) is 4.48. The molecule has 0 aliphatic carbocycles. The molecule has 1 unspecified atom stereocenters. The molecule has 1 atom stereocenters. The van der Waals surface area contributed by atoms with Crippen LogP contribution in [-0.2, 0) is 0 Å². The summed E-state index contributed by atoms with van der Waals surface area (Å²) in [5.74, 6) is -0.135. The second kappa shape index (κ2) is 6.05. The van der Waals surface area contributed by atoms with Gasteiger partial charge in [-0.25, -0.2) is 0 Å². The molecule has 5 heteroatoms. The summed E-state index contributed by atoms with van der Waals surface area (Å²) in [6.45, 7) is 4.15. The molecule has 5 nitrogen and oxygen atoms in total. The second-order valence-electron chi connectivity index (χ2n) is 4.48. The number of nitrogens with two attached hydrogens (primary N) is 1. The Bertz CT molecular complexity index is 457. The Labute approximate surface area is 107 Å². The third-order valence-corrected chi connectivity index (χ3v) is 2.78. The van der Waals surface area contributed by atoms with Crippen molar-refractivity contribution in [3.05, 3.63) is 35.4 Å². The molecule has 1 amide bonds. The molecule has 0 bridgehead atoms. The van der Waals surface area contributed by atoms with E-state index in [4.69, 9.17) is 10.9 Å². The highest BCUT2D eigenvalue weighted by atomic mass is 16.4. The molecule has 0 saturated carbocycles. The minimum atomic E-state index is -0.186. The Morgan fingerprint density at radius 1 is 1.56 bits per heavy atom. The molecule has 0 spiro atoms. The van der Waals surface area contributed by atoms with Gasteiger partial charge in [-0.2, -0.15) is 0 Å². The van der Waals surface area contributed by atoms with Gasteiger partial charge in [-0.15, -0.1) is 0 Å². The van der Waals surface area contributed by atoms with Crippen molar-refractivity contribution in [2.45, 2.75) is 13.8 Å². The Morgan fingerprint density at radius 2 is 2.22 bits per heavy atom. The summed E-state index contributed by atoms with van der Waals surface area (Å²) in [5, 5.41) is 11.5. The van der Waals surface area contributed by atoms with Gasteiger partial charge in [-0.3, -0.25) is 4.79 Å². The van der Waals surface area contributed by atoms with E-state index in [1.54, 1.807) is 24.9 Å². The molecule has 1 rings (SSSR count). The number of amides is 1. The van der Waals surface area contributed by atoms with Crippen molar-refractivity contribution in [1.29, 1.82) is 0 Å². The van der Waals surface area contributed by atoms with Gasteiger partial charge in [-0.1, -0.05) is 29.8 Å². The van der Waals surface area contributed by atoms with Crippen molar-refractivity contribution >= 4 is 11.7 Å². The van der Waals surface area contributed by atoms with Crippen LogP contribution in [0, 0.1) is 12.8 Å². The number of carbonyl (C=O) groups is 1. The van der Waals surface area contributed by atoms with Gasteiger partial charge in [0, 0.05) is 25.1 Å². The first kappa shape index (κ1) is 14.0. The van der Waals surface area contributed by atoms with Crippen molar-refractivity contribution in [3.8, 4) is 0 Å². The van der Waals surface area contributed by atoms with Crippen LogP contribution < -0.4 is 5.73 Å². The Hall–Kier alpha value is -2.04. The molecule has 0 radical (unpaired) electrons. The standard InChI is InChI=1S/C13H19N3O2/c1-9-5-4-6-11(7-9)13(17)16(3)8-10(2)12(14)15-18/h4-7,10,18H,8H2,1-3H3,(H2,14,15). The van der Waals surface area contributed by atoms with Crippen molar-refractivity contribution in [2.24, 2.45) is 16.8 Å². The van der Waals surface area contributed by atoms with Crippen LogP contribution in [0.15, 0.2) is 29.4 Å². The van der Waals surface area contributed by atoms with E-state index in [2.05, 4.69) is 5.16 Å². The SMILES string of the molecule is Cc1cccc(C(=O)N(C)CC(C)/C(N)=N/O)c1. The minimum absolute atomic E-state index is 0.0729. The third-order valence-electron chi connectivity index (χ3n) is 2.78. The number of hydrogen-bond donors (Lipinski definition) is 2. The lowest BCUT2D eigenvalue weighted by molar-refractivity contribution is 0.0786. The fourth-order valence-electron chi connectivity index (χ4n) is 1.68. The van der Waals surface area contributed by atoms with Crippen LogP contribution in [0.4, 0.5) is 0 Å². The van der Waals surface area contributed by atoms with E-state index in [0.29, 0.717) is 12.1 Å². The van der Waals surface area contributed by atoms with Gasteiger partial charge < -0.3 is 15.8 Å². The third kappa shape index (κ3) is 3.48. The van der Waals surface area contributed by atoms with Crippen LogP contribution in [0.2, 0.25) is 0 Å². The summed E-state index contributed by atoms with van der Waals surface area (Å²) in [6.07, 6.45) is 0. The largest absolute Gasteiger partial charge is 0.409 e. The summed E-state index contributed by atoms with van der Waals surface area (Å²) >= 11 is 0. The van der Waals surface area contributed by atoms with Crippen LogP contribution in [0.25, 0.3) is 0 Å². The quantitative estimate of drug-likeness (QED) is 0.367. The topological polar surface area (TPSA) is 78.9 Å². The molecule has 3 N–H and O–H groups in total. The number of oxime groups is 1. The van der Waals surface area contributed by atoms with Crippen molar-refractivity contribution in [2.75, 3.05) is 13.6 Å². The number of carbonyl (C=O) groups excluding carboxylic acids is 1. The maximum atomic E-state index is 12.1. The van der Waals surface area contributed by atoms with Crippen LogP contribution in [-0.4, -0.2) is 35.4 Å². The van der Waals surface area contributed by atoms with E-state index in [-0.39, 0.29) is 17.7 Å². The summed E-state index contributed by atoms with van der Waals surface area (Å²) < 4.78 is 0. The lowest BCUT2D eigenvalue weighted by atomic mass is 10.1. The number of rotatable bonds is 4. The molecule has 98 valence electrons. The zero-order valence-corrected chi connectivity index (χ0v) is 10.9. The van der Waals surface area contributed by atoms with E-state index in [0.717, 1.165) is 5.56 Å². The molecule has 1 aromatic rings. The van der Waals surface area contributed by atoms with Gasteiger partial charge in [0.15, 0.2) is 0 Å². The predicted molar refractivity (Wildman–Crippen MR) is 70.7 cm³/mol. The number of benzene rings is 1. The van der Waals surface area contributed by atoms with Crippen LogP contribution in [0.5, 0.6) is 0 Å². The molecular weight excluding hydrogens is 230 g/mol. The lowest BCUT2D eigenvalue weighted by Gasteiger charge is -2.21. The molecule has 0 fully saturated rings. The fourth-order valence-corrected chi connectivity index (χ4v) is 1.68. The summed E-state index contributed by atoms with van der Waals surface area (Å²) in [4.78, 5) is 13.7. The van der Waals surface area contributed by atoms with Crippen molar-refractivity contribution in [3.63, 3.8) is 0 Å². The fraction of sp³-hybridized carbons (Fsp3) is 0.385. The van der Waals surface area contributed by atoms with Gasteiger partial charge >= 0.3 is 0 Å². The van der Waals surface area contributed by atoms with E-state index in [1.807, 2.05) is 25.1 Å². The van der Waals surface area contributed by atoms with Gasteiger partial charge in [0.2, 0.25) is 0 Å². The molecule has 1 aromatic carbocycles. The van der Waals surface area contributed by atoms with Crippen molar-refractivity contribution in [1.82, 2.24) is 4.90 Å². The first-order valence-electron chi connectivity index (χ1n) is 5.75. The summed E-state index contributed by atoms with van der Waals surface area (Å²) in [6, 6.07) is 7.41. The van der Waals surface area contributed by atoms with Gasteiger partial charge in [0.05, 0.1) is 0 Å². The molecule has 18 heavy (non-hydrogen) atoms. The minimum Gasteiger partial charge on any atom is -0.409 e. The number of amidine groups is 1. The lowest BCUT2D eigenvalue weighted by Crippen LogP contribution is -2.36. The Morgan fingerprint density at radius 3 is 2.78 bits per heavy atom. The predicted octanol–water partition coefficient (Wildman–Crippen LogP) is 1.45. The van der Waals surface area contributed by atoms with Crippen molar-refractivity contribution < 1.29 is 10.0 Å². The average Bonchev–Trinajstić information content (AvgIpc) is 2.36. The van der Waals surface area contributed by atoms with Crippen LogP contribution in [0.3, 0.4) is 0 Å². The highest BCUT2D eigenvalue weighted by Gasteiger charge is 2.16. The average molecular weight is 249 g/mol. The number of nitrogens with zero attached hydrogens (tertiary/aromatic N) is 2. The van der Waals surface area contributed by atoms with E-state index < -0.39 is 0 Å². The molecule has 0 saturated heterocycles. The van der Waals surface area contributed by atoms with E-state index in [9.17, 15) is 4.79 Å². The maximum absolute atomic E-state index is 12.1. The molecule has 0 aromatic heterocycles. The molecule has 0 aliphatic rings. The zero-order valence-electron chi connectivity index (χ0n) is 10.9. The monoisotopic (exact) mass is 249 g/mol. The van der Waals surface area contributed by atoms with Gasteiger partial charge in [0.1, 0.15) is 5.84 Å². The van der Waals surface area contributed by atoms with Gasteiger partial charge in [-0.05, 0) is 19.1 Å². The normalized spacial score (nSPS) is 13.2. The zero-order chi connectivity index (χ0) is 13.7. The Kier molecular flexibility index (Phi) is 4.71. The highest BCUT2D eigenvalue weighted by Crippen LogP contribution is 2.08. The van der Waals surface area contributed by atoms with E-state index >= 15 is 0 Å². The first-order chi connectivity index (χ1) is 8.45. The molecule has 0 heterocycles. The van der Waals surface area contributed by atoms with Crippen LogP contribution >= 0.6 is 0 Å². The van der Waals surface area contributed by atoms with Crippen LogP contribution in [0.1, 0.15) is 22.8 Å². The van der Waals surface area contributed by atoms with E-state index in [1.165, 1.54) is 0 Å². The van der Waals surface area contributed by atoms with Gasteiger partial charge in [0.25, 0.3) is 5.91 Å². The maximum Gasteiger partial charge on any atom is 0.253 e. The first-order valence-corrected chi connectivity index (χ1v) is 5.75. The smallest absolute Gasteiger partial charge is 0.253 e. The number of hydrogen-bond acceptors (Lipinski definition) is 3. The summed E-state index contributed by atoms with van der Waals surface area (Å²) in [5.41, 5.74) is 7.17. The highest BCUT2D eigenvalue weighted by molar-refractivity contribution is 5.94.